The number of esters is 2. The fourth-order valence-electron chi connectivity index (χ4n) is 3.21. The second kappa shape index (κ2) is 9.40. The van der Waals surface area contributed by atoms with E-state index in [0.29, 0.717) is 22.6 Å². The molecule has 1 aliphatic heterocycles. The molecule has 166 valence electrons. The number of ether oxygens (including phenoxy) is 4. The van der Waals surface area contributed by atoms with Crippen molar-refractivity contribution in [2.75, 3.05) is 14.2 Å². The monoisotopic (exact) mass is 443 g/mol. The van der Waals surface area contributed by atoms with Gasteiger partial charge in [0.1, 0.15) is 5.75 Å². The first kappa shape index (κ1) is 21.8. The number of rotatable bonds is 6. The molecule has 1 heterocycles. The third kappa shape index (κ3) is 4.93. The van der Waals surface area contributed by atoms with E-state index in [4.69, 9.17) is 18.9 Å². The van der Waals surface area contributed by atoms with E-state index in [-0.39, 0.29) is 17.3 Å². The van der Waals surface area contributed by atoms with Gasteiger partial charge in [-0.25, -0.2) is 14.6 Å². The Hall–Kier alpha value is -4.39. The molecule has 0 fully saturated rings. The first-order valence-electron chi connectivity index (χ1n) is 10.1. The van der Waals surface area contributed by atoms with Crippen molar-refractivity contribution in [3.05, 3.63) is 94.7 Å². The molecule has 0 bridgehead atoms. The summed E-state index contributed by atoms with van der Waals surface area (Å²) in [7, 11) is 3.02. The first-order chi connectivity index (χ1) is 16.0. The maximum atomic E-state index is 12.5. The van der Waals surface area contributed by atoms with Crippen molar-refractivity contribution in [2.24, 2.45) is 4.99 Å². The summed E-state index contributed by atoms with van der Waals surface area (Å²) >= 11 is 0. The summed E-state index contributed by atoms with van der Waals surface area (Å²) in [4.78, 5) is 29.1. The van der Waals surface area contributed by atoms with E-state index in [0.717, 1.165) is 11.1 Å². The quantitative estimate of drug-likeness (QED) is 0.315. The lowest BCUT2D eigenvalue weighted by Crippen LogP contribution is -2.09. The number of aryl methyl sites for hydroxylation is 1. The van der Waals surface area contributed by atoms with E-state index >= 15 is 0 Å². The number of hydrogen-bond donors (Lipinski definition) is 0. The maximum absolute atomic E-state index is 12.5. The molecule has 1 aliphatic rings. The molecule has 3 aromatic carbocycles. The van der Waals surface area contributed by atoms with Gasteiger partial charge in [0.25, 0.3) is 0 Å². The molecule has 0 atom stereocenters. The van der Waals surface area contributed by atoms with Crippen LogP contribution >= 0.6 is 0 Å². The molecule has 7 nitrogen and oxygen atoms in total. The third-order valence-electron chi connectivity index (χ3n) is 4.90. The smallest absolute Gasteiger partial charge is 0.363 e. The van der Waals surface area contributed by atoms with Gasteiger partial charge in [-0.2, -0.15) is 0 Å². The Labute approximate surface area is 190 Å². The van der Waals surface area contributed by atoms with E-state index in [2.05, 4.69) is 4.99 Å². The van der Waals surface area contributed by atoms with E-state index < -0.39 is 11.9 Å². The number of nitrogens with zero attached hydrogens (tertiary/aromatic N) is 1. The normalized spacial score (nSPS) is 14.0. The maximum Gasteiger partial charge on any atom is 0.363 e. The lowest BCUT2D eigenvalue weighted by Gasteiger charge is -2.10. The topological polar surface area (TPSA) is 83.4 Å². The van der Waals surface area contributed by atoms with Crippen LogP contribution in [-0.4, -0.2) is 32.1 Å². The van der Waals surface area contributed by atoms with Crippen molar-refractivity contribution >= 4 is 23.9 Å². The number of carbonyl (C=O) groups is 2. The Balaban J connectivity index is 1.55. The Morgan fingerprint density at radius 3 is 2.42 bits per heavy atom. The van der Waals surface area contributed by atoms with Crippen molar-refractivity contribution < 1.29 is 28.5 Å². The summed E-state index contributed by atoms with van der Waals surface area (Å²) in [5.41, 5.74) is 2.93. The molecule has 0 aromatic heterocycles. The van der Waals surface area contributed by atoms with Crippen molar-refractivity contribution in [1.82, 2.24) is 0 Å². The summed E-state index contributed by atoms with van der Waals surface area (Å²) in [6, 6.07) is 19.1. The second-order valence-electron chi connectivity index (χ2n) is 7.23. The summed E-state index contributed by atoms with van der Waals surface area (Å²) in [6.45, 7) is 1.95. The minimum absolute atomic E-state index is 0.163. The molecule has 0 N–H and O–H groups in total. The molecule has 33 heavy (non-hydrogen) atoms. The zero-order chi connectivity index (χ0) is 23.4. The van der Waals surface area contributed by atoms with Gasteiger partial charge in [0, 0.05) is 5.56 Å². The average Bonchev–Trinajstić information content (AvgIpc) is 3.20. The summed E-state index contributed by atoms with van der Waals surface area (Å²) < 4.78 is 21.3. The Morgan fingerprint density at radius 1 is 0.939 bits per heavy atom. The zero-order valence-electron chi connectivity index (χ0n) is 18.3. The Bertz CT molecular complexity index is 1270. The van der Waals surface area contributed by atoms with Crippen molar-refractivity contribution in [3.63, 3.8) is 0 Å². The molecule has 0 unspecified atom stereocenters. The van der Waals surface area contributed by atoms with Crippen LogP contribution in [-0.2, 0) is 9.53 Å². The summed E-state index contributed by atoms with van der Waals surface area (Å²) in [5.74, 6) is 0.403. The van der Waals surface area contributed by atoms with Crippen molar-refractivity contribution in [2.45, 2.75) is 6.92 Å². The van der Waals surface area contributed by atoms with Gasteiger partial charge in [-0.3, -0.25) is 0 Å². The first-order valence-corrected chi connectivity index (χ1v) is 10.1. The van der Waals surface area contributed by atoms with Crippen LogP contribution < -0.4 is 14.2 Å². The van der Waals surface area contributed by atoms with E-state index in [1.54, 1.807) is 55.7 Å². The molecular weight excluding hydrogens is 422 g/mol. The average molecular weight is 443 g/mol. The Morgan fingerprint density at radius 2 is 1.73 bits per heavy atom. The fourth-order valence-corrected chi connectivity index (χ4v) is 3.21. The van der Waals surface area contributed by atoms with Gasteiger partial charge in [-0.1, -0.05) is 23.8 Å². The number of benzene rings is 3. The van der Waals surface area contributed by atoms with Gasteiger partial charge in [-0.05, 0) is 67.1 Å². The minimum atomic E-state index is -0.541. The van der Waals surface area contributed by atoms with Gasteiger partial charge in [-0.15, -0.1) is 0 Å². The van der Waals surface area contributed by atoms with Gasteiger partial charge in [0.2, 0.25) is 5.90 Å². The molecule has 4 rings (SSSR count). The molecule has 0 saturated heterocycles. The molecule has 3 aromatic rings. The lowest BCUT2D eigenvalue weighted by molar-refractivity contribution is -0.129. The number of carbonyl (C=O) groups excluding carboxylic acids is 2. The molecule has 0 amide bonds. The Kier molecular flexibility index (Phi) is 6.22. The molecule has 0 aliphatic carbocycles. The lowest BCUT2D eigenvalue weighted by atomic mass is 10.1. The highest BCUT2D eigenvalue weighted by molar-refractivity contribution is 6.12. The largest absolute Gasteiger partial charge is 0.497 e. The van der Waals surface area contributed by atoms with Gasteiger partial charge >= 0.3 is 11.9 Å². The standard InChI is InChI=1S/C26H21NO6/c1-16-5-4-6-19(13-16)24-27-21(26(29)33-24)14-17-7-12-22(23(15-17)31-3)32-25(28)18-8-10-20(30-2)11-9-18/h4-15H,1-3H3/b21-14-. The second-order valence-corrected chi connectivity index (χ2v) is 7.23. The van der Waals surface area contributed by atoms with Gasteiger partial charge in [0.05, 0.1) is 19.8 Å². The van der Waals surface area contributed by atoms with Crippen LogP contribution in [0.5, 0.6) is 17.2 Å². The molecule has 7 heteroatoms. The predicted molar refractivity (Wildman–Crippen MR) is 123 cm³/mol. The SMILES string of the molecule is COc1ccc(C(=O)Oc2ccc(/C=C3\N=C(c4cccc(C)c4)OC3=O)cc2OC)cc1. The third-order valence-corrected chi connectivity index (χ3v) is 4.90. The number of methoxy groups -OCH3 is 2. The minimum Gasteiger partial charge on any atom is -0.497 e. The van der Waals surface area contributed by atoms with Crippen LogP contribution in [0, 0.1) is 6.92 Å². The van der Waals surface area contributed by atoms with Crippen molar-refractivity contribution in [1.29, 1.82) is 0 Å². The van der Waals surface area contributed by atoms with Gasteiger partial charge in [0.15, 0.2) is 17.2 Å². The highest BCUT2D eigenvalue weighted by Gasteiger charge is 2.24. The van der Waals surface area contributed by atoms with E-state index in [1.165, 1.54) is 7.11 Å². The highest BCUT2D eigenvalue weighted by atomic mass is 16.6. The van der Waals surface area contributed by atoms with Crippen LogP contribution in [0.15, 0.2) is 77.4 Å². The predicted octanol–water partition coefficient (Wildman–Crippen LogP) is 4.58. The summed E-state index contributed by atoms with van der Waals surface area (Å²) in [5, 5.41) is 0. The number of hydrogen-bond acceptors (Lipinski definition) is 7. The van der Waals surface area contributed by atoms with E-state index in [1.807, 2.05) is 31.2 Å². The summed E-state index contributed by atoms with van der Waals surface area (Å²) in [6.07, 6.45) is 1.59. The number of cyclic esters (lactones) is 1. The molecule has 0 saturated carbocycles. The highest BCUT2D eigenvalue weighted by Crippen LogP contribution is 2.30. The van der Waals surface area contributed by atoms with Crippen molar-refractivity contribution in [3.8, 4) is 17.2 Å². The molecule has 0 spiro atoms. The zero-order valence-corrected chi connectivity index (χ0v) is 18.3. The van der Waals surface area contributed by atoms with E-state index in [9.17, 15) is 9.59 Å². The van der Waals surface area contributed by atoms with Crippen LogP contribution in [0.1, 0.15) is 27.0 Å². The molecule has 0 radical (unpaired) electrons. The van der Waals surface area contributed by atoms with Gasteiger partial charge < -0.3 is 18.9 Å². The van der Waals surface area contributed by atoms with Crippen LogP contribution in [0.3, 0.4) is 0 Å². The molecular formula is C26H21NO6. The number of aliphatic imine (C=N–C) groups is 1. The van der Waals surface area contributed by atoms with Crippen LogP contribution in [0.2, 0.25) is 0 Å². The fraction of sp³-hybridized carbons (Fsp3) is 0.115. The van der Waals surface area contributed by atoms with Crippen LogP contribution in [0.4, 0.5) is 0 Å². The van der Waals surface area contributed by atoms with Crippen LogP contribution in [0.25, 0.3) is 6.08 Å².